The lowest BCUT2D eigenvalue weighted by Gasteiger charge is -2.32. The number of hydrogen-bond acceptors (Lipinski definition) is 5. The molecule has 0 heterocycles. The molecule has 1 aliphatic carbocycles. The largest absolute Gasteiger partial charge is 0.497 e. The fraction of sp³-hybridized carbons (Fsp3) is 0.333. The van der Waals surface area contributed by atoms with Crippen molar-refractivity contribution in [1.29, 1.82) is 0 Å². The number of anilines is 1. The Morgan fingerprint density at radius 1 is 1.00 bits per heavy atom. The van der Waals surface area contributed by atoms with Gasteiger partial charge in [-0.25, -0.2) is 8.42 Å². The van der Waals surface area contributed by atoms with Gasteiger partial charge in [0.05, 0.1) is 17.7 Å². The Kier molecular flexibility index (Phi) is 9.71. The average Bonchev–Trinajstić information content (AvgIpc) is 3.48. The van der Waals surface area contributed by atoms with Crippen LogP contribution in [0.2, 0.25) is 5.02 Å². The predicted octanol–water partition coefficient (Wildman–Crippen LogP) is 5.02. The van der Waals surface area contributed by atoms with E-state index in [-0.39, 0.29) is 29.1 Å². The van der Waals surface area contributed by atoms with Crippen LogP contribution < -0.4 is 14.4 Å². The monoisotopic (exact) mass is 583 g/mol. The Labute approximate surface area is 240 Å². The fourth-order valence-electron chi connectivity index (χ4n) is 4.80. The molecule has 1 saturated carbocycles. The summed E-state index contributed by atoms with van der Waals surface area (Å²) in [6.45, 7) is 1.25. The van der Waals surface area contributed by atoms with Gasteiger partial charge in [-0.15, -0.1) is 0 Å². The van der Waals surface area contributed by atoms with E-state index in [2.05, 4.69) is 5.32 Å². The summed E-state index contributed by atoms with van der Waals surface area (Å²) in [6, 6.07) is 20.6. The quantitative estimate of drug-likeness (QED) is 0.342. The number of nitrogens with zero attached hydrogens (tertiary/aromatic N) is 2. The van der Waals surface area contributed by atoms with Gasteiger partial charge in [0.2, 0.25) is 11.8 Å². The standard InChI is InChI=1S/C30H34ClN3O5S/c1-22(30(36)32-25-10-6-7-11-25)33(20-23-9-8-12-27(19-23)39-2)29(35)21-34(26-17-15-24(31)16-18-26)40(37,38)28-13-4-3-5-14-28/h3-5,8-9,12-19,22,25H,6-7,10-11,20-21H2,1-2H3,(H,32,36). The van der Waals surface area contributed by atoms with Crippen LogP contribution in [0.15, 0.2) is 83.8 Å². The minimum absolute atomic E-state index is 0.0455. The molecule has 4 rings (SSSR count). The number of carbonyl (C=O) groups excluding carboxylic acids is 2. The van der Waals surface area contributed by atoms with Gasteiger partial charge >= 0.3 is 0 Å². The zero-order valence-electron chi connectivity index (χ0n) is 22.6. The smallest absolute Gasteiger partial charge is 0.264 e. The molecule has 8 nitrogen and oxygen atoms in total. The first-order valence-electron chi connectivity index (χ1n) is 13.2. The second-order valence-electron chi connectivity index (χ2n) is 9.84. The van der Waals surface area contributed by atoms with Crippen LogP contribution in [0, 0.1) is 0 Å². The molecule has 0 radical (unpaired) electrons. The Morgan fingerprint density at radius 2 is 1.68 bits per heavy atom. The maximum atomic E-state index is 14.0. The zero-order valence-corrected chi connectivity index (χ0v) is 24.2. The first-order chi connectivity index (χ1) is 19.2. The maximum absolute atomic E-state index is 14.0. The number of carbonyl (C=O) groups is 2. The van der Waals surface area contributed by atoms with E-state index in [4.69, 9.17) is 16.3 Å². The summed E-state index contributed by atoms with van der Waals surface area (Å²) in [5.74, 6) is -0.180. The summed E-state index contributed by atoms with van der Waals surface area (Å²) in [6.07, 6.45) is 3.92. The van der Waals surface area contributed by atoms with Crippen molar-refractivity contribution >= 4 is 39.1 Å². The molecule has 1 aliphatic rings. The first kappa shape index (κ1) is 29.4. The number of benzene rings is 3. The zero-order chi connectivity index (χ0) is 28.7. The second-order valence-corrected chi connectivity index (χ2v) is 12.1. The van der Waals surface area contributed by atoms with Crippen LogP contribution >= 0.6 is 11.6 Å². The lowest BCUT2D eigenvalue weighted by atomic mass is 10.1. The van der Waals surface area contributed by atoms with Gasteiger partial charge in [-0.1, -0.05) is 54.8 Å². The summed E-state index contributed by atoms with van der Waals surface area (Å²) >= 11 is 6.07. The van der Waals surface area contributed by atoms with Crippen molar-refractivity contribution in [2.75, 3.05) is 18.0 Å². The SMILES string of the molecule is COc1cccc(CN(C(=O)CN(c2ccc(Cl)cc2)S(=O)(=O)c2ccccc2)C(C)C(=O)NC2CCCC2)c1. The molecular weight excluding hydrogens is 550 g/mol. The molecule has 0 saturated heterocycles. The molecule has 40 heavy (non-hydrogen) atoms. The number of hydrogen-bond donors (Lipinski definition) is 1. The van der Waals surface area contributed by atoms with Gasteiger partial charge in [0.1, 0.15) is 18.3 Å². The van der Waals surface area contributed by atoms with Gasteiger partial charge in [-0.05, 0) is 73.9 Å². The van der Waals surface area contributed by atoms with Crippen LogP contribution in [0.4, 0.5) is 5.69 Å². The molecule has 3 aromatic rings. The van der Waals surface area contributed by atoms with Crippen LogP contribution in [-0.4, -0.2) is 50.9 Å². The van der Waals surface area contributed by atoms with E-state index < -0.39 is 28.5 Å². The molecule has 1 atom stereocenters. The Balaban J connectivity index is 1.68. The molecule has 0 spiro atoms. The van der Waals surface area contributed by atoms with E-state index in [1.165, 1.54) is 17.0 Å². The van der Waals surface area contributed by atoms with Crippen molar-refractivity contribution < 1.29 is 22.7 Å². The Bertz CT molecular complexity index is 1410. The van der Waals surface area contributed by atoms with Crippen molar-refractivity contribution in [3.8, 4) is 5.75 Å². The van der Waals surface area contributed by atoms with Crippen molar-refractivity contribution in [2.24, 2.45) is 0 Å². The van der Waals surface area contributed by atoms with Crippen molar-refractivity contribution in [1.82, 2.24) is 10.2 Å². The number of methoxy groups -OCH3 is 1. The van der Waals surface area contributed by atoms with E-state index in [1.54, 1.807) is 74.7 Å². The van der Waals surface area contributed by atoms with Gasteiger partial charge < -0.3 is 15.0 Å². The Morgan fingerprint density at radius 3 is 2.33 bits per heavy atom. The highest BCUT2D eigenvalue weighted by molar-refractivity contribution is 7.92. The molecule has 10 heteroatoms. The van der Waals surface area contributed by atoms with Gasteiger partial charge in [-0.3, -0.25) is 13.9 Å². The van der Waals surface area contributed by atoms with Crippen molar-refractivity contribution in [3.05, 3.63) is 89.4 Å². The van der Waals surface area contributed by atoms with Crippen LogP contribution in [-0.2, 0) is 26.2 Å². The van der Waals surface area contributed by atoms with E-state index >= 15 is 0 Å². The number of halogens is 1. The molecule has 1 unspecified atom stereocenters. The van der Waals surface area contributed by atoms with Gasteiger partial charge in [-0.2, -0.15) is 0 Å². The molecule has 1 N–H and O–H groups in total. The highest BCUT2D eigenvalue weighted by atomic mass is 35.5. The van der Waals surface area contributed by atoms with Gasteiger partial charge in [0, 0.05) is 17.6 Å². The number of rotatable bonds is 11. The molecule has 2 amide bonds. The number of amides is 2. The van der Waals surface area contributed by atoms with Crippen LogP contribution in [0.25, 0.3) is 0 Å². The normalized spacial score (nSPS) is 14.4. The topological polar surface area (TPSA) is 96.0 Å². The second kappa shape index (κ2) is 13.2. The molecule has 1 fully saturated rings. The van der Waals surface area contributed by atoms with E-state index in [1.807, 2.05) is 6.07 Å². The Hall–Kier alpha value is -3.56. The van der Waals surface area contributed by atoms with E-state index in [0.29, 0.717) is 10.8 Å². The third-order valence-electron chi connectivity index (χ3n) is 7.08. The van der Waals surface area contributed by atoms with E-state index in [9.17, 15) is 18.0 Å². The molecule has 3 aromatic carbocycles. The molecule has 212 valence electrons. The third kappa shape index (κ3) is 7.14. The van der Waals surface area contributed by atoms with Crippen molar-refractivity contribution in [3.63, 3.8) is 0 Å². The summed E-state index contributed by atoms with van der Waals surface area (Å²) < 4.78 is 34.0. The highest BCUT2D eigenvalue weighted by Gasteiger charge is 2.33. The minimum Gasteiger partial charge on any atom is -0.497 e. The number of sulfonamides is 1. The van der Waals surface area contributed by atoms with Crippen LogP contribution in [0.3, 0.4) is 0 Å². The maximum Gasteiger partial charge on any atom is 0.264 e. The third-order valence-corrected chi connectivity index (χ3v) is 9.12. The highest BCUT2D eigenvalue weighted by Crippen LogP contribution is 2.26. The number of nitrogens with one attached hydrogen (secondary N) is 1. The first-order valence-corrected chi connectivity index (χ1v) is 15.1. The lowest BCUT2D eigenvalue weighted by molar-refractivity contribution is -0.139. The van der Waals surface area contributed by atoms with E-state index in [0.717, 1.165) is 35.6 Å². The van der Waals surface area contributed by atoms with Gasteiger partial charge in [0.15, 0.2) is 0 Å². The molecule has 0 bridgehead atoms. The fourth-order valence-corrected chi connectivity index (χ4v) is 6.36. The molecular formula is C30H34ClN3O5S. The average molecular weight is 584 g/mol. The summed E-state index contributed by atoms with van der Waals surface area (Å²) in [4.78, 5) is 28.8. The summed E-state index contributed by atoms with van der Waals surface area (Å²) in [5.41, 5.74) is 1.03. The van der Waals surface area contributed by atoms with Gasteiger partial charge in [0.25, 0.3) is 10.0 Å². The molecule has 0 aliphatic heterocycles. The van der Waals surface area contributed by atoms with Crippen LogP contribution in [0.5, 0.6) is 5.75 Å². The summed E-state index contributed by atoms with van der Waals surface area (Å²) in [5, 5.41) is 3.50. The van der Waals surface area contributed by atoms with Crippen molar-refractivity contribution in [2.45, 2.75) is 56.1 Å². The predicted molar refractivity (Wildman–Crippen MR) is 156 cm³/mol. The lowest BCUT2D eigenvalue weighted by Crippen LogP contribution is -2.52. The number of ether oxygens (including phenoxy) is 1. The minimum atomic E-state index is -4.12. The molecule has 0 aromatic heterocycles. The summed E-state index contributed by atoms with van der Waals surface area (Å²) in [7, 11) is -2.57. The van der Waals surface area contributed by atoms with Crippen LogP contribution in [0.1, 0.15) is 38.2 Å².